The number of hydrogen-bond acceptors (Lipinski definition) is 5. The molecule has 1 saturated heterocycles. The second kappa shape index (κ2) is 5.43. The highest BCUT2D eigenvalue weighted by atomic mass is 16.4. The van der Waals surface area contributed by atoms with Gasteiger partial charge in [0, 0.05) is 18.5 Å². The number of hydrogen-bond donors (Lipinski definition) is 2. The molecule has 9 nitrogen and oxygen atoms in total. The van der Waals surface area contributed by atoms with Crippen molar-refractivity contribution < 1.29 is 19.8 Å². The zero-order valence-electron chi connectivity index (χ0n) is 11.4. The molecule has 1 fully saturated rings. The summed E-state index contributed by atoms with van der Waals surface area (Å²) >= 11 is 0. The van der Waals surface area contributed by atoms with Gasteiger partial charge in [-0.2, -0.15) is 4.80 Å². The second-order valence-corrected chi connectivity index (χ2v) is 4.98. The van der Waals surface area contributed by atoms with Gasteiger partial charge in [-0.25, -0.2) is 9.59 Å². The standard InChI is InChI=1S/C13H13N5O4/c19-12(20)10-6-9(7-17(10)13(21)22)18-15-11(14-16-18)8-4-2-1-3-5-8/h1-5,9-10H,6-7H2,(H,19,20)(H,21,22). The summed E-state index contributed by atoms with van der Waals surface area (Å²) in [7, 11) is 0. The van der Waals surface area contributed by atoms with E-state index in [9.17, 15) is 9.59 Å². The molecule has 2 atom stereocenters. The molecule has 1 aliphatic heterocycles. The molecule has 2 aromatic rings. The van der Waals surface area contributed by atoms with Gasteiger partial charge < -0.3 is 10.2 Å². The average Bonchev–Trinajstić information content (AvgIpc) is 3.15. The molecular formula is C13H13N5O4. The average molecular weight is 303 g/mol. The van der Waals surface area contributed by atoms with E-state index in [1.807, 2.05) is 30.3 Å². The Bertz CT molecular complexity index is 679. The highest BCUT2D eigenvalue weighted by molar-refractivity contribution is 5.80. The molecule has 1 aromatic heterocycles. The van der Waals surface area contributed by atoms with E-state index in [4.69, 9.17) is 10.2 Å². The number of likely N-dealkylation sites (tertiary alicyclic amines) is 1. The van der Waals surface area contributed by atoms with E-state index < -0.39 is 24.1 Å². The lowest BCUT2D eigenvalue weighted by Crippen LogP contribution is -2.39. The third-order valence-electron chi connectivity index (χ3n) is 3.60. The van der Waals surface area contributed by atoms with Gasteiger partial charge in [-0.3, -0.25) is 4.90 Å². The number of nitrogens with zero attached hydrogens (tertiary/aromatic N) is 5. The largest absolute Gasteiger partial charge is 0.480 e. The molecule has 3 rings (SSSR count). The molecule has 0 saturated carbocycles. The summed E-state index contributed by atoms with van der Waals surface area (Å²) in [5.74, 6) is -0.755. The van der Waals surface area contributed by atoms with Gasteiger partial charge in [0.1, 0.15) is 6.04 Å². The van der Waals surface area contributed by atoms with Crippen LogP contribution in [0.5, 0.6) is 0 Å². The summed E-state index contributed by atoms with van der Waals surface area (Å²) in [5, 5.41) is 30.3. The zero-order chi connectivity index (χ0) is 15.7. The van der Waals surface area contributed by atoms with Gasteiger partial charge >= 0.3 is 12.1 Å². The van der Waals surface area contributed by atoms with Crippen molar-refractivity contribution in [2.75, 3.05) is 6.54 Å². The number of rotatable bonds is 3. The van der Waals surface area contributed by atoms with Crippen LogP contribution in [0, 0.1) is 0 Å². The number of carbonyl (C=O) groups is 2. The third kappa shape index (κ3) is 2.48. The fourth-order valence-electron chi connectivity index (χ4n) is 2.51. The minimum atomic E-state index is -1.27. The van der Waals surface area contributed by atoms with Crippen molar-refractivity contribution >= 4 is 12.1 Å². The Balaban J connectivity index is 1.83. The number of carboxylic acids is 1. The lowest BCUT2D eigenvalue weighted by atomic mass is 10.2. The molecule has 2 heterocycles. The van der Waals surface area contributed by atoms with Gasteiger partial charge in [0.25, 0.3) is 0 Å². The van der Waals surface area contributed by atoms with E-state index in [1.54, 1.807) is 0 Å². The van der Waals surface area contributed by atoms with Crippen LogP contribution >= 0.6 is 0 Å². The van der Waals surface area contributed by atoms with Crippen LogP contribution in [0.15, 0.2) is 30.3 Å². The number of aliphatic carboxylic acids is 1. The van der Waals surface area contributed by atoms with E-state index in [0.29, 0.717) is 5.82 Å². The van der Waals surface area contributed by atoms with Crippen molar-refractivity contribution in [1.82, 2.24) is 25.1 Å². The Morgan fingerprint density at radius 1 is 1.18 bits per heavy atom. The number of carboxylic acid groups (broad SMARTS) is 2. The zero-order valence-corrected chi connectivity index (χ0v) is 11.4. The maximum absolute atomic E-state index is 11.1. The van der Waals surface area contributed by atoms with Crippen molar-refractivity contribution in [2.45, 2.75) is 18.5 Å². The Labute approximate surface area is 124 Å². The van der Waals surface area contributed by atoms with Crippen LogP contribution < -0.4 is 0 Å². The first-order valence-corrected chi connectivity index (χ1v) is 6.63. The molecule has 1 aromatic carbocycles. The Morgan fingerprint density at radius 2 is 1.91 bits per heavy atom. The van der Waals surface area contributed by atoms with Crippen molar-refractivity contribution in [3.8, 4) is 11.4 Å². The van der Waals surface area contributed by atoms with Gasteiger partial charge in [0.05, 0.1) is 6.04 Å². The maximum atomic E-state index is 11.1. The summed E-state index contributed by atoms with van der Waals surface area (Å²) < 4.78 is 0. The Kier molecular flexibility index (Phi) is 3.45. The van der Waals surface area contributed by atoms with E-state index in [0.717, 1.165) is 10.5 Å². The molecule has 1 aliphatic rings. The van der Waals surface area contributed by atoms with Gasteiger partial charge in [-0.15, -0.1) is 10.2 Å². The van der Waals surface area contributed by atoms with Gasteiger partial charge in [-0.05, 0) is 5.21 Å². The summed E-state index contributed by atoms with van der Waals surface area (Å²) in [4.78, 5) is 24.4. The van der Waals surface area contributed by atoms with Crippen molar-refractivity contribution in [1.29, 1.82) is 0 Å². The van der Waals surface area contributed by atoms with E-state index in [-0.39, 0.29) is 13.0 Å². The summed E-state index contributed by atoms with van der Waals surface area (Å²) in [6.45, 7) is 0.0247. The number of amides is 1. The topological polar surface area (TPSA) is 121 Å². The van der Waals surface area contributed by atoms with Crippen LogP contribution in [0.2, 0.25) is 0 Å². The molecule has 2 N–H and O–H groups in total. The summed E-state index contributed by atoms with van der Waals surface area (Å²) in [5.41, 5.74) is 0.789. The predicted octanol–water partition coefficient (Wildman–Crippen LogP) is 0.718. The molecule has 0 aliphatic carbocycles. The van der Waals surface area contributed by atoms with Crippen LogP contribution in [0.1, 0.15) is 12.5 Å². The van der Waals surface area contributed by atoms with Crippen molar-refractivity contribution in [2.24, 2.45) is 0 Å². The smallest absolute Gasteiger partial charge is 0.408 e. The summed E-state index contributed by atoms with van der Waals surface area (Å²) in [6, 6.07) is 7.69. The van der Waals surface area contributed by atoms with Gasteiger partial charge in [0.15, 0.2) is 0 Å². The number of benzene rings is 1. The highest BCUT2D eigenvalue weighted by Gasteiger charge is 2.41. The van der Waals surface area contributed by atoms with Gasteiger partial charge in [-0.1, -0.05) is 30.3 Å². The monoisotopic (exact) mass is 303 g/mol. The fraction of sp³-hybridized carbons (Fsp3) is 0.308. The van der Waals surface area contributed by atoms with Crippen LogP contribution in [0.25, 0.3) is 11.4 Å². The van der Waals surface area contributed by atoms with E-state index >= 15 is 0 Å². The second-order valence-electron chi connectivity index (χ2n) is 4.98. The lowest BCUT2D eigenvalue weighted by Gasteiger charge is -2.16. The van der Waals surface area contributed by atoms with Crippen LogP contribution in [0.4, 0.5) is 4.79 Å². The molecule has 0 bridgehead atoms. The fourth-order valence-corrected chi connectivity index (χ4v) is 2.51. The molecule has 0 radical (unpaired) electrons. The van der Waals surface area contributed by atoms with Crippen LogP contribution in [-0.2, 0) is 4.79 Å². The number of tetrazole rings is 1. The third-order valence-corrected chi connectivity index (χ3v) is 3.60. The Morgan fingerprint density at radius 3 is 2.50 bits per heavy atom. The minimum absolute atomic E-state index is 0.0247. The van der Waals surface area contributed by atoms with Gasteiger partial charge in [0.2, 0.25) is 5.82 Å². The first kappa shape index (κ1) is 14.0. The molecule has 114 valence electrons. The van der Waals surface area contributed by atoms with Crippen LogP contribution in [0.3, 0.4) is 0 Å². The predicted molar refractivity (Wildman–Crippen MR) is 73.1 cm³/mol. The molecule has 0 spiro atoms. The SMILES string of the molecule is O=C(O)C1CC(n2nnc(-c3ccccc3)n2)CN1C(=O)O. The first-order valence-electron chi connectivity index (χ1n) is 6.63. The maximum Gasteiger partial charge on any atom is 0.408 e. The van der Waals surface area contributed by atoms with E-state index in [1.165, 1.54) is 4.80 Å². The van der Waals surface area contributed by atoms with Crippen molar-refractivity contribution in [3.05, 3.63) is 30.3 Å². The molecular weight excluding hydrogens is 290 g/mol. The summed E-state index contributed by atoms with van der Waals surface area (Å²) in [6.07, 6.45) is -1.15. The van der Waals surface area contributed by atoms with Crippen molar-refractivity contribution in [3.63, 3.8) is 0 Å². The normalized spacial score (nSPS) is 21.0. The number of aromatic nitrogens is 4. The quantitative estimate of drug-likeness (QED) is 0.856. The molecule has 22 heavy (non-hydrogen) atoms. The molecule has 9 heteroatoms. The molecule has 1 amide bonds. The van der Waals surface area contributed by atoms with E-state index in [2.05, 4.69) is 15.4 Å². The lowest BCUT2D eigenvalue weighted by molar-refractivity contribution is -0.141. The first-order chi connectivity index (χ1) is 10.6. The Hall–Kier alpha value is -2.97. The highest BCUT2D eigenvalue weighted by Crippen LogP contribution is 2.27. The minimum Gasteiger partial charge on any atom is -0.480 e. The molecule has 2 unspecified atom stereocenters. The van der Waals surface area contributed by atoms with Crippen LogP contribution in [-0.4, -0.2) is 60.0 Å².